The van der Waals surface area contributed by atoms with Crippen LogP contribution in [0.3, 0.4) is 0 Å². The standard InChI is InChI=1S/C18H24N4O3/c1-2-3-6-18(24)21-12-14-7-8-20-22(14)15(13-21)10-17(23)19-11-16-5-4-9-25-16/h4-5,7-9,15H,2-3,6,10-13H2,1H3,(H,19,23). The number of unbranched alkanes of at least 4 members (excludes halogenated alkanes) is 1. The van der Waals surface area contributed by atoms with E-state index in [1.165, 1.54) is 0 Å². The number of nitrogens with one attached hydrogen (secondary N) is 1. The summed E-state index contributed by atoms with van der Waals surface area (Å²) in [6.07, 6.45) is 6.04. The maximum absolute atomic E-state index is 12.4. The summed E-state index contributed by atoms with van der Waals surface area (Å²) in [5, 5.41) is 7.19. The number of furan rings is 1. The first-order valence-electron chi connectivity index (χ1n) is 8.76. The predicted molar refractivity (Wildman–Crippen MR) is 91.4 cm³/mol. The summed E-state index contributed by atoms with van der Waals surface area (Å²) in [5.41, 5.74) is 0.972. The number of hydrogen-bond donors (Lipinski definition) is 1. The smallest absolute Gasteiger partial charge is 0.222 e. The number of amides is 2. The fraction of sp³-hybridized carbons (Fsp3) is 0.500. The minimum Gasteiger partial charge on any atom is -0.467 e. The minimum atomic E-state index is -0.138. The van der Waals surface area contributed by atoms with Crippen molar-refractivity contribution in [2.24, 2.45) is 0 Å². The molecule has 0 radical (unpaired) electrons. The first kappa shape index (κ1) is 17.3. The van der Waals surface area contributed by atoms with Gasteiger partial charge in [-0.3, -0.25) is 14.3 Å². The van der Waals surface area contributed by atoms with Crippen LogP contribution in [0, 0.1) is 0 Å². The molecule has 2 amide bonds. The van der Waals surface area contributed by atoms with Gasteiger partial charge in [-0.25, -0.2) is 0 Å². The van der Waals surface area contributed by atoms with Crippen molar-refractivity contribution in [3.05, 3.63) is 42.1 Å². The second-order valence-corrected chi connectivity index (χ2v) is 6.36. The highest BCUT2D eigenvalue weighted by atomic mass is 16.3. The van der Waals surface area contributed by atoms with Gasteiger partial charge in [-0.15, -0.1) is 0 Å². The molecule has 0 fully saturated rings. The average molecular weight is 344 g/mol. The van der Waals surface area contributed by atoms with Crippen LogP contribution in [0.5, 0.6) is 0 Å². The number of rotatable bonds is 7. The largest absolute Gasteiger partial charge is 0.467 e. The third kappa shape index (κ3) is 4.29. The van der Waals surface area contributed by atoms with Gasteiger partial charge in [-0.05, 0) is 24.6 Å². The molecule has 0 saturated carbocycles. The molecular weight excluding hydrogens is 320 g/mol. The molecule has 2 aromatic rings. The van der Waals surface area contributed by atoms with E-state index >= 15 is 0 Å². The maximum atomic E-state index is 12.4. The second-order valence-electron chi connectivity index (χ2n) is 6.36. The van der Waals surface area contributed by atoms with Crippen LogP contribution in [0.1, 0.15) is 50.1 Å². The Kier molecular flexibility index (Phi) is 5.53. The summed E-state index contributed by atoms with van der Waals surface area (Å²) < 4.78 is 7.09. The topological polar surface area (TPSA) is 80.4 Å². The lowest BCUT2D eigenvalue weighted by Crippen LogP contribution is -2.42. The SMILES string of the molecule is CCCCC(=O)N1Cc2ccnn2C(CC(=O)NCc2ccco2)C1. The normalized spacial score (nSPS) is 16.5. The molecular formula is C18H24N4O3. The zero-order valence-corrected chi connectivity index (χ0v) is 14.5. The van der Waals surface area contributed by atoms with E-state index in [1.807, 2.05) is 21.7 Å². The molecule has 1 aliphatic rings. The summed E-state index contributed by atoms with van der Waals surface area (Å²) in [5.74, 6) is 0.786. The zero-order valence-electron chi connectivity index (χ0n) is 14.5. The van der Waals surface area contributed by atoms with Crippen LogP contribution < -0.4 is 5.32 Å². The fourth-order valence-corrected chi connectivity index (χ4v) is 3.10. The van der Waals surface area contributed by atoms with Crippen LogP contribution in [-0.4, -0.2) is 33.0 Å². The van der Waals surface area contributed by atoms with Gasteiger partial charge in [0.05, 0.1) is 37.5 Å². The van der Waals surface area contributed by atoms with Crippen molar-refractivity contribution in [1.29, 1.82) is 0 Å². The lowest BCUT2D eigenvalue weighted by molar-refractivity contribution is -0.134. The molecule has 0 bridgehead atoms. The molecule has 7 heteroatoms. The lowest BCUT2D eigenvalue weighted by atomic mass is 10.1. The summed E-state index contributed by atoms with van der Waals surface area (Å²) in [6, 6.07) is 5.38. The summed E-state index contributed by atoms with van der Waals surface area (Å²) >= 11 is 0. The van der Waals surface area contributed by atoms with Crippen LogP contribution in [0.4, 0.5) is 0 Å². The summed E-state index contributed by atoms with van der Waals surface area (Å²) in [6.45, 7) is 3.52. The van der Waals surface area contributed by atoms with Crippen molar-refractivity contribution >= 4 is 11.8 Å². The van der Waals surface area contributed by atoms with Crippen LogP contribution in [0.15, 0.2) is 35.1 Å². The Morgan fingerprint density at radius 2 is 2.28 bits per heavy atom. The number of aromatic nitrogens is 2. The predicted octanol–water partition coefficient (Wildman–Crippen LogP) is 2.26. The van der Waals surface area contributed by atoms with E-state index in [2.05, 4.69) is 17.3 Å². The molecule has 0 spiro atoms. The van der Waals surface area contributed by atoms with Gasteiger partial charge >= 0.3 is 0 Å². The van der Waals surface area contributed by atoms with Crippen molar-refractivity contribution in [1.82, 2.24) is 20.0 Å². The van der Waals surface area contributed by atoms with Crippen molar-refractivity contribution in [3.63, 3.8) is 0 Å². The molecule has 0 saturated heterocycles. The van der Waals surface area contributed by atoms with E-state index in [4.69, 9.17) is 4.42 Å². The molecule has 2 aromatic heterocycles. The summed E-state index contributed by atoms with van der Waals surface area (Å²) in [7, 11) is 0. The molecule has 7 nitrogen and oxygen atoms in total. The molecule has 1 atom stereocenters. The van der Waals surface area contributed by atoms with Gasteiger partial charge < -0.3 is 14.6 Å². The van der Waals surface area contributed by atoms with Gasteiger partial charge in [0.1, 0.15) is 5.76 Å². The Balaban J connectivity index is 1.61. The zero-order chi connectivity index (χ0) is 17.6. The van der Waals surface area contributed by atoms with Gasteiger partial charge in [-0.2, -0.15) is 5.10 Å². The van der Waals surface area contributed by atoms with E-state index < -0.39 is 0 Å². The van der Waals surface area contributed by atoms with Gasteiger partial charge in [0.25, 0.3) is 0 Å². The number of carbonyl (C=O) groups excluding carboxylic acids is 2. The highest BCUT2D eigenvalue weighted by molar-refractivity contribution is 5.78. The van der Waals surface area contributed by atoms with Gasteiger partial charge in [0, 0.05) is 19.2 Å². The number of fused-ring (bicyclic) bond motifs is 1. The Morgan fingerprint density at radius 1 is 1.40 bits per heavy atom. The van der Waals surface area contributed by atoms with Crippen molar-refractivity contribution in [3.8, 4) is 0 Å². The maximum Gasteiger partial charge on any atom is 0.222 e. The van der Waals surface area contributed by atoms with Crippen molar-refractivity contribution in [2.75, 3.05) is 6.54 Å². The number of hydrogen-bond acceptors (Lipinski definition) is 4. The van der Waals surface area contributed by atoms with E-state index in [0.717, 1.165) is 18.5 Å². The minimum absolute atomic E-state index is 0.0780. The fourth-order valence-electron chi connectivity index (χ4n) is 3.10. The molecule has 1 unspecified atom stereocenters. The Bertz CT molecular complexity index is 708. The molecule has 134 valence electrons. The highest BCUT2D eigenvalue weighted by Gasteiger charge is 2.29. The second kappa shape index (κ2) is 8.00. The quantitative estimate of drug-likeness (QED) is 0.835. The molecule has 0 aliphatic carbocycles. The van der Waals surface area contributed by atoms with Gasteiger partial charge in [0.2, 0.25) is 11.8 Å². The van der Waals surface area contributed by atoms with E-state index in [1.54, 1.807) is 18.5 Å². The Labute approximate surface area is 147 Å². The van der Waals surface area contributed by atoms with E-state index in [-0.39, 0.29) is 24.3 Å². The van der Waals surface area contributed by atoms with Gasteiger partial charge in [0.15, 0.2) is 0 Å². The van der Waals surface area contributed by atoms with Crippen molar-refractivity contribution in [2.45, 2.75) is 51.7 Å². The van der Waals surface area contributed by atoms with E-state index in [0.29, 0.717) is 31.8 Å². The molecule has 25 heavy (non-hydrogen) atoms. The van der Waals surface area contributed by atoms with Crippen LogP contribution in [-0.2, 0) is 22.7 Å². The van der Waals surface area contributed by atoms with Gasteiger partial charge in [-0.1, -0.05) is 13.3 Å². The third-order valence-electron chi connectivity index (χ3n) is 4.44. The van der Waals surface area contributed by atoms with Crippen LogP contribution >= 0.6 is 0 Å². The van der Waals surface area contributed by atoms with E-state index in [9.17, 15) is 9.59 Å². The molecule has 3 rings (SSSR count). The number of carbonyl (C=O) groups is 2. The third-order valence-corrected chi connectivity index (χ3v) is 4.44. The monoisotopic (exact) mass is 344 g/mol. The molecule has 0 aromatic carbocycles. The first-order chi connectivity index (χ1) is 12.2. The Morgan fingerprint density at radius 3 is 3.04 bits per heavy atom. The summed E-state index contributed by atoms with van der Waals surface area (Å²) in [4.78, 5) is 26.5. The average Bonchev–Trinajstić information content (AvgIpc) is 3.29. The first-order valence-corrected chi connectivity index (χ1v) is 8.76. The highest BCUT2D eigenvalue weighted by Crippen LogP contribution is 2.23. The molecule has 3 heterocycles. The molecule has 1 N–H and O–H groups in total. The Hall–Kier alpha value is -2.57. The lowest BCUT2D eigenvalue weighted by Gasteiger charge is -2.33. The molecule has 1 aliphatic heterocycles. The van der Waals surface area contributed by atoms with Crippen molar-refractivity contribution < 1.29 is 14.0 Å². The number of nitrogens with zero attached hydrogens (tertiary/aromatic N) is 3. The van der Waals surface area contributed by atoms with Crippen LogP contribution in [0.2, 0.25) is 0 Å². The van der Waals surface area contributed by atoms with Crippen LogP contribution in [0.25, 0.3) is 0 Å².